The van der Waals surface area contributed by atoms with Crippen LogP contribution in [0.5, 0.6) is 0 Å². The fourth-order valence-corrected chi connectivity index (χ4v) is 2.50. The lowest BCUT2D eigenvalue weighted by atomic mass is 9.85. The zero-order chi connectivity index (χ0) is 16.1. The third-order valence-corrected chi connectivity index (χ3v) is 4.17. The Kier molecular flexibility index (Phi) is 5.41. The fourth-order valence-electron chi connectivity index (χ4n) is 2.50. The molecule has 1 fully saturated rings. The molecular formula is C17H25N3O2. The minimum atomic E-state index is -0.0181. The lowest BCUT2D eigenvalue weighted by Crippen LogP contribution is -2.41. The summed E-state index contributed by atoms with van der Waals surface area (Å²) >= 11 is 0. The first kappa shape index (κ1) is 16.3. The molecule has 1 aliphatic carbocycles. The first-order valence-electron chi connectivity index (χ1n) is 7.82. The molecule has 0 aliphatic heterocycles. The first-order chi connectivity index (χ1) is 10.5. The Bertz CT molecular complexity index is 521. The van der Waals surface area contributed by atoms with Crippen LogP contribution in [0.25, 0.3) is 0 Å². The Morgan fingerprint density at radius 2 is 1.73 bits per heavy atom. The van der Waals surface area contributed by atoms with E-state index in [9.17, 15) is 9.59 Å². The van der Waals surface area contributed by atoms with Crippen molar-refractivity contribution in [3.63, 3.8) is 0 Å². The summed E-state index contributed by atoms with van der Waals surface area (Å²) in [5.41, 5.74) is 1.95. The molecule has 0 saturated heterocycles. The average molecular weight is 303 g/mol. The standard InChI is InChI=1S/C17H25N3O2/c1-13(21)20(12-11-18-17(22)14-5-4-6-14)16-9-7-15(8-10-16)19(2)3/h7-10,14H,4-6,11-12H2,1-3H3,(H,18,22). The second-order valence-electron chi connectivity index (χ2n) is 6.00. The van der Waals surface area contributed by atoms with Crippen LogP contribution in [-0.4, -0.2) is 39.0 Å². The second kappa shape index (κ2) is 7.29. The maximum atomic E-state index is 11.8. The molecule has 0 aromatic heterocycles. The predicted octanol–water partition coefficient (Wildman–Crippen LogP) is 2.02. The lowest BCUT2D eigenvalue weighted by Gasteiger charge is -2.26. The van der Waals surface area contributed by atoms with Crippen LogP contribution in [0.2, 0.25) is 0 Å². The van der Waals surface area contributed by atoms with Crippen molar-refractivity contribution in [2.24, 2.45) is 5.92 Å². The number of hydrogen-bond acceptors (Lipinski definition) is 3. The Balaban J connectivity index is 1.91. The van der Waals surface area contributed by atoms with Gasteiger partial charge in [0.05, 0.1) is 0 Å². The molecule has 0 spiro atoms. The Labute approximate surface area is 132 Å². The summed E-state index contributed by atoms with van der Waals surface area (Å²) < 4.78 is 0. The van der Waals surface area contributed by atoms with Crippen LogP contribution in [0.4, 0.5) is 11.4 Å². The maximum Gasteiger partial charge on any atom is 0.223 e. The smallest absolute Gasteiger partial charge is 0.223 e. The molecule has 22 heavy (non-hydrogen) atoms. The van der Waals surface area contributed by atoms with Crippen molar-refractivity contribution in [1.29, 1.82) is 0 Å². The van der Waals surface area contributed by atoms with Crippen LogP contribution in [-0.2, 0) is 9.59 Å². The van der Waals surface area contributed by atoms with Crippen LogP contribution in [0.1, 0.15) is 26.2 Å². The molecule has 1 aliphatic rings. The normalized spacial score (nSPS) is 14.1. The molecule has 1 aromatic carbocycles. The number of benzene rings is 1. The summed E-state index contributed by atoms with van der Waals surface area (Å²) in [6, 6.07) is 7.84. The zero-order valence-electron chi connectivity index (χ0n) is 13.6. The van der Waals surface area contributed by atoms with Crippen molar-refractivity contribution in [2.75, 3.05) is 37.0 Å². The summed E-state index contributed by atoms with van der Waals surface area (Å²) in [4.78, 5) is 27.4. The van der Waals surface area contributed by atoms with Gasteiger partial charge in [-0.05, 0) is 37.1 Å². The molecule has 5 heteroatoms. The number of nitrogens with zero attached hydrogens (tertiary/aromatic N) is 2. The van der Waals surface area contributed by atoms with Crippen molar-refractivity contribution in [3.8, 4) is 0 Å². The molecule has 1 saturated carbocycles. The van der Waals surface area contributed by atoms with Gasteiger partial charge in [-0.25, -0.2) is 0 Å². The van der Waals surface area contributed by atoms with Gasteiger partial charge in [-0.3, -0.25) is 9.59 Å². The monoisotopic (exact) mass is 303 g/mol. The summed E-state index contributed by atoms with van der Waals surface area (Å²) in [6.45, 7) is 2.53. The number of carbonyl (C=O) groups excluding carboxylic acids is 2. The summed E-state index contributed by atoms with van der Waals surface area (Å²) in [7, 11) is 3.96. The third-order valence-electron chi connectivity index (χ3n) is 4.17. The summed E-state index contributed by atoms with van der Waals surface area (Å²) in [5.74, 6) is 0.290. The Morgan fingerprint density at radius 1 is 1.14 bits per heavy atom. The van der Waals surface area contributed by atoms with Crippen molar-refractivity contribution in [3.05, 3.63) is 24.3 Å². The molecule has 0 unspecified atom stereocenters. The molecule has 1 N–H and O–H groups in total. The molecule has 0 atom stereocenters. The van der Waals surface area contributed by atoms with E-state index in [1.165, 1.54) is 0 Å². The van der Waals surface area contributed by atoms with E-state index in [0.29, 0.717) is 13.1 Å². The van der Waals surface area contributed by atoms with Crippen LogP contribution in [0, 0.1) is 5.92 Å². The number of anilines is 2. The number of rotatable bonds is 6. The van der Waals surface area contributed by atoms with E-state index in [1.54, 1.807) is 11.8 Å². The largest absolute Gasteiger partial charge is 0.378 e. The van der Waals surface area contributed by atoms with Crippen molar-refractivity contribution >= 4 is 23.2 Å². The topological polar surface area (TPSA) is 52.7 Å². The zero-order valence-corrected chi connectivity index (χ0v) is 13.6. The number of amides is 2. The quantitative estimate of drug-likeness (QED) is 0.875. The van der Waals surface area contributed by atoms with E-state index in [2.05, 4.69) is 5.32 Å². The highest BCUT2D eigenvalue weighted by atomic mass is 16.2. The van der Waals surface area contributed by atoms with Gasteiger partial charge in [-0.15, -0.1) is 0 Å². The van der Waals surface area contributed by atoms with E-state index in [1.807, 2.05) is 43.3 Å². The fraction of sp³-hybridized carbons (Fsp3) is 0.529. The van der Waals surface area contributed by atoms with Gasteiger partial charge in [-0.1, -0.05) is 6.42 Å². The highest BCUT2D eigenvalue weighted by molar-refractivity contribution is 5.91. The van der Waals surface area contributed by atoms with Gasteiger partial charge in [0.1, 0.15) is 0 Å². The number of nitrogens with one attached hydrogen (secondary N) is 1. The van der Waals surface area contributed by atoms with Crippen LogP contribution in [0.15, 0.2) is 24.3 Å². The van der Waals surface area contributed by atoms with Gasteiger partial charge >= 0.3 is 0 Å². The first-order valence-corrected chi connectivity index (χ1v) is 7.82. The van der Waals surface area contributed by atoms with E-state index in [-0.39, 0.29) is 17.7 Å². The Morgan fingerprint density at radius 3 is 2.18 bits per heavy atom. The molecule has 1 aromatic rings. The molecule has 0 bridgehead atoms. The van der Waals surface area contributed by atoms with Gasteiger partial charge in [0.15, 0.2) is 0 Å². The molecule has 0 heterocycles. The minimum Gasteiger partial charge on any atom is -0.378 e. The lowest BCUT2D eigenvalue weighted by molar-refractivity contribution is -0.127. The van der Waals surface area contributed by atoms with Crippen molar-refractivity contribution in [1.82, 2.24) is 5.32 Å². The highest BCUT2D eigenvalue weighted by Gasteiger charge is 2.24. The van der Waals surface area contributed by atoms with Gasteiger partial charge in [0.2, 0.25) is 11.8 Å². The highest BCUT2D eigenvalue weighted by Crippen LogP contribution is 2.26. The number of carbonyl (C=O) groups is 2. The third kappa shape index (κ3) is 4.00. The van der Waals surface area contributed by atoms with Gasteiger partial charge in [0, 0.05) is 51.4 Å². The van der Waals surface area contributed by atoms with E-state index in [4.69, 9.17) is 0 Å². The molecule has 120 valence electrons. The summed E-state index contributed by atoms with van der Waals surface area (Å²) in [5, 5.41) is 2.93. The van der Waals surface area contributed by atoms with E-state index < -0.39 is 0 Å². The van der Waals surface area contributed by atoms with Gasteiger partial charge in [0.25, 0.3) is 0 Å². The molecule has 2 rings (SSSR count). The van der Waals surface area contributed by atoms with E-state index >= 15 is 0 Å². The molecule has 2 amide bonds. The predicted molar refractivity (Wildman–Crippen MR) is 89.1 cm³/mol. The SMILES string of the molecule is CC(=O)N(CCNC(=O)C1CCC1)c1ccc(N(C)C)cc1. The average Bonchev–Trinajstić information content (AvgIpc) is 2.41. The van der Waals surface area contributed by atoms with E-state index in [0.717, 1.165) is 30.6 Å². The molecule has 0 radical (unpaired) electrons. The van der Waals surface area contributed by atoms with Gasteiger partial charge < -0.3 is 15.1 Å². The molecule has 5 nitrogen and oxygen atoms in total. The Hall–Kier alpha value is -2.04. The minimum absolute atomic E-state index is 0.0181. The van der Waals surface area contributed by atoms with Crippen molar-refractivity contribution in [2.45, 2.75) is 26.2 Å². The van der Waals surface area contributed by atoms with Gasteiger partial charge in [-0.2, -0.15) is 0 Å². The van der Waals surface area contributed by atoms with Crippen LogP contribution in [0.3, 0.4) is 0 Å². The number of hydrogen-bond donors (Lipinski definition) is 1. The van der Waals surface area contributed by atoms with Crippen LogP contribution >= 0.6 is 0 Å². The van der Waals surface area contributed by atoms with Crippen molar-refractivity contribution < 1.29 is 9.59 Å². The molecular weight excluding hydrogens is 278 g/mol. The summed E-state index contributed by atoms with van der Waals surface area (Å²) in [6.07, 6.45) is 3.14. The maximum absolute atomic E-state index is 11.8. The van der Waals surface area contributed by atoms with Crippen LogP contribution < -0.4 is 15.1 Å². The second-order valence-corrected chi connectivity index (χ2v) is 6.00.